The van der Waals surface area contributed by atoms with Crippen LogP contribution in [0.1, 0.15) is 127 Å². The number of rotatable bonds is 6. The third-order valence-electron chi connectivity index (χ3n) is 5.45. The molecule has 3 rings (SSSR count). The van der Waals surface area contributed by atoms with Crippen molar-refractivity contribution >= 4 is 48.1 Å². The number of hydrogen-bond donors (Lipinski definition) is 0. The highest BCUT2D eigenvalue weighted by molar-refractivity contribution is 7.91. The van der Waals surface area contributed by atoms with E-state index in [-0.39, 0.29) is 33.5 Å². The van der Waals surface area contributed by atoms with Crippen molar-refractivity contribution in [1.82, 2.24) is 15.2 Å². The molecular weight excluding hydrogens is 719 g/mol. The maximum absolute atomic E-state index is 11.8. The van der Waals surface area contributed by atoms with Crippen molar-refractivity contribution in [2.75, 3.05) is 17.8 Å². The van der Waals surface area contributed by atoms with Crippen LogP contribution >= 0.6 is 22.7 Å². The fraction of sp³-hybridized carbons (Fsp3) is 0.692. The van der Waals surface area contributed by atoms with Gasteiger partial charge in [-0.3, -0.25) is 0 Å². The highest BCUT2D eigenvalue weighted by Gasteiger charge is 2.23. The van der Waals surface area contributed by atoms with Gasteiger partial charge in [-0.05, 0) is 46.1 Å². The standard InChI is InChI=1S/C11H16O2S.C8H13NS.C7H12N2S.C7H14O.C6H14O2S/c1-11(2,3)9-14(12,13)10-7-5-4-6-8-10;1-8(2,3)6-7-9-4-5-10-7;1-7(2,3)4-6-9-8-5-10-6;1-6(8)5-7(2,3)4;1-6(2,3)5-9(4,7)8/h4-8H,9H2,1-3H3;4-5H,6H2,1-3H3;5H,4H2,1-3H3;5H2,1-4H3;5H2,1-4H3. The van der Waals surface area contributed by atoms with E-state index in [1.165, 1.54) is 11.3 Å². The van der Waals surface area contributed by atoms with Crippen LogP contribution in [0.2, 0.25) is 0 Å². The van der Waals surface area contributed by atoms with Gasteiger partial charge in [0.2, 0.25) is 0 Å². The minimum absolute atomic E-state index is 0.104. The van der Waals surface area contributed by atoms with Crippen LogP contribution in [0.25, 0.3) is 0 Å². The first kappa shape index (κ1) is 51.1. The Hall–Kier alpha value is -2.02. The molecule has 0 aliphatic rings. The predicted molar refractivity (Wildman–Crippen MR) is 220 cm³/mol. The number of aromatic nitrogens is 3. The van der Waals surface area contributed by atoms with E-state index in [4.69, 9.17) is 0 Å². The Kier molecular flexibility index (Phi) is 21.7. The second-order valence-corrected chi connectivity index (χ2v) is 25.0. The average molecular weight is 788 g/mol. The lowest BCUT2D eigenvalue weighted by molar-refractivity contribution is -0.118. The van der Waals surface area contributed by atoms with Crippen LogP contribution in [0.4, 0.5) is 0 Å². The minimum atomic E-state index is -3.12. The summed E-state index contributed by atoms with van der Waals surface area (Å²) in [6, 6.07) is 8.59. The fourth-order valence-corrected chi connectivity index (χ4v) is 9.53. The van der Waals surface area contributed by atoms with Gasteiger partial charge >= 0.3 is 0 Å². The minimum Gasteiger partial charge on any atom is -0.300 e. The molecule has 2 heterocycles. The Morgan fingerprint density at radius 2 is 1.12 bits per heavy atom. The number of ketones is 1. The highest BCUT2D eigenvalue weighted by Crippen LogP contribution is 2.23. The van der Waals surface area contributed by atoms with Gasteiger partial charge < -0.3 is 4.79 Å². The largest absolute Gasteiger partial charge is 0.300 e. The van der Waals surface area contributed by atoms with E-state index in [1.807, 2.05) is 59.2 Å². The van der Waals surface area contributed by atoms with Crippen LogP contribution in [-0.4, -0.2) is 55.6 Å². The summed E-state index contributed by atoms with van der Waals surface area (Å²) >= 11 is 3.37. The summed E-state index contributed by atoms with van der Waals surface area (Å²) in [5, 5.41) is 12.1. The fourth-order valence-electron chi connectivity index (χ4n) is 4.34. The highest BCUT2D eigenvalue weighted by atomic mass is 32.2. The zero-order valence-corrected chi connectivity index (χ0v) is 37.9. The summed E-state index contributed by atoms with van der Waals surface area (Å²) < 4.78 is 45.0. The average Bonchev–Trinajstić information content (AvgIpc) is 3.53. The number of sulfone groups is 2. The third-order valence-corrected chi connectivity index (χ3v) is 10.6. The number of carbonyl (C=O) groups is 1. The third kappa shape index (κ3) is 36.1. The molecule has 0 bridgehead atoms. The van der Waals surface area contributed by atoms with E-state index in [1.54, 1.807) is 59.4 Å². The van der Waals surface area contributed by atoms with Gasteiger partial charge in [0.1, 0.15) is 26.1 Å². The van der Waals surface area contributed by atoms with Crippen molar-refractivity contribution < 1.29 is 21.6 Å². The van der Waals surface area contributed by atoms with Crippen molar-refractivity contribution in [2.45, 2.75) is 135 Å². The number of hydrogen-bond acceptors (Lipinski definition) is 10. The van der Waals surface area contributed by atoms with E-state index in [0.29, 0.717) is 22.1 Å². The maximum atomic E-state index is 11.8. The maximum Gasteiger partial charge on any atom is 0.178 e. The molecule has 0 saturated carbocycles. The van der Waals surface area contributed by atoms with Crippen LogP contribution in [0, 0.1) is 27.1 Å². The quantitative estimate of drug-likeness (QED) is 0.242. The lowest BCUT2D eigenvalue weighted by atomic mass is 9.91. The first-order valence-electron chi connectivity index (χ1n) is 17.2. The molecule has 3 aromatic rings. The molecule has 0 N–H and O–H groups in total. The molecule has 0 aliphatic heterocycles. The molecule has 51 heavy (non-hydrogen) atoms. The van der Waals surface area contributed by atoms with Crippen molar-refractivity contribution in [3.8, 4) is 0 Å². The number of carbonyl (C=O) groups excluding carboxylic acids is 1. The number of thiazole rings is 1. The molecule has 2 aromatic heterocycles. The molecular formula is C39H69N3O5S4. The summed E-state index contributed by atoms with van der Waals surface area (Å²) in [5.74, 6) is 0.724. The molecule has 0 unspecified atom stereocenters. The van der Waals surface area contributed by atoms with E-state index < -0.39 is 19.7 Å². The number of nitrogens with zero attached hydrogens (tertiary/aromatic N) is 3. The van der Waals surface area contributed by atoms with Crippen LogP contribution in [0.15, 0.2) is 52.3 Å². The number of benzene rings is 1. The lowest BCUT2D eigenvalue weighted by Gasteiger charge is -2.17. The molecule has 294 valence electrons. The molecule has 0 saturated heterocycles. The van der Waals surface area contributed by atoms with Crippen LogP contribution in [-0.2, 0) is 37.3 Å². The van der Waals surface area contributed by atoms with Crippen molar-refractivity contribution in [2.24, 2.45) is 27.1 Å². The van der Waals surface area contributed by atoms with Crippen molar-refractivity contribution in [3.63, 3.8) is 0 Å². The Balaban J connectivity index is 0. The van der Waals surface area contributed by atoms with Gasteiger partial charge in [0.15, 0.2) is 9.84 Å². The normalized spacial score (nSPS) is 12.4. The summed E-state index contributed by atoms with van der Waals surface area (Å²) in [5.41, 5.74) is 2.35. The SMILES string of the molecule is CC(=O)CC(C)(C)C.CC(C)(C)CS(=O)(=O)c1ccccc1.CC(C)(C)CS(C)(=O)=O.CC(C)(C)Cc1nccs1.CC(C)(C)Cc1nncs1. The van der Waals surface area contributed by atoms with E-state index in [0.717, 1.165) is 17.8 Å². The Bertz CT molecular complexity index is 1520. The molecule has 0 radical (unpaired) electrons. The molecule has 12 heteroatoms. The second-order valence-electron chi connectivity index (χ2n) is 18.9. The lowest BCUT2D eigenvalue weighted by Crippen LogP contribution is -2.20. The van der Waals surface area contributed by atoms with Crippen LogP contribution < -0.4 is 0 Å². The van der Waals surface area contributed by atoms with Gasteiger partial charge in [0.05, 0.1) is 21.4 Å². The van der Waals surface area contributed by atoms with Gasteiger partial charge in [0, 0.05) is 37.1 Å². The van der Waals surface area contributed by atoms with E-state index in [9.17, 15) is 21.6 Å². The number of Topliss-reactive ketones (excluding diaryl/α,β-unsaturated/α-hetero) is 1. The summed E-state index contributed by atoms with van der Waals surface area (Å²) in [6.45, 7) is 32.6. The molecule has 0 fully saturated rings. The van der Waals surface area contributed by atoms with Crippen molar-refractivity contribution in [1.29, 1.82) is 0 Å². The van der Waals surface area contributed by atoms with Crippen LogP contribution in [0.3, 0.4) is 0 Å². The molecule has 0 amide bonds. The Labute approximate surface area is 320 Å². The smallest absolute Gasteiger partial charge is 0.178 e. The van der Waals surface area contributed by atoms with Gasteiger partial charge in [-0.2, -0.15) is 0 Å². The first-order chi connectivity index (χ1) is 22.6. The summed E-state index contributed by atoms with van der Waals surface area (Å²) in [4.78, 5) is 15.1. The monoisotopic (exact) mass is 787 g/mol. The van der Waals surface area contributed by atoms with Gasteiger partial charge in [-0.1, -0.05) is 122 Å². The summed E-state index contributed by atoms with van der Waals surface area (Å²) in [6.07, 6.45) is 5.93. The summed E-state index contributed by atoms with van der Waals surface area (Å²) in [7, 11) is -5.90. The van der Waals surface area contributed by atoms with E-state index >= 15 is 0 Å². The zero-order valence-electron chi connectivity index (χ0n) is 34.7. The van der Waals surface area contributed by atoms with Crippen molar-refractivity contribution in [3.05, 3.63) is 57.4 Å². The van der Waals surface area contributed by atoms with Gasteiger partial charge in [-0.15, -0.1) is 32.9 Å². The first-order valence-corrected chi connectivity index (χ1v) is 22.6. The Morgan fingerprint density at radius 3 is 1.39 bits per heavy atom. The molecule has 1 aromatic carbocycles. The Morgan fingerprint density at radius 1 is 0.647 bits per heavy atom. The molecule has 0 aliphatic carbocycles. The van der Waals surface area contributed by atoms with Crippen LogP contribution in [0.5, 0.6) is 0 Å². The van der Waals surface area contributed by atoms with Gasteiger partial charge in [0.25, 0.3) is 0 Å². The molecule has 0 atom stereocenters. The second kappa shape index (κ2) is 21.6. The zero-order chi connectivity index (χ0) is 40.5. The van der Waals surface area contributed by atoms with E-state index in [2.05, 4.69) is 77.5 Å². The van der Waals surface area contributed by atoms with Gasteiger partial charge in [-0.25, -0.2) is 21.8 Å². The topological polar surface area (TPSA) is 124 Å². The molecule has 8 nitrogen and oxygen atoms in total. The molecule has 0 spiro atoms. The predicted octanol–water partition coefficient (Wildman–Crippen LogP) is 10.5.